The van der Waals surface area contributed by atoms with Crippen molar-refractivity contribution in [3.63, 3.8) is 0 Å². The van der Waals surface area contributed by atoms with Crippen LogP contribution in [0.3, 0.4) is 0 Å². The lowest BCUT2D eigenvalue weighted by atomic mass is 9.84. The first kappa shape index (κ1) is 25.6. The average Bonchev–Trinajstić information content (AvgIpc) is 3.27. The first-order valence-corrected chi connectivity index (χ1v) is 11.1. The topological polar surface area (TPSA) is 130 Å². The van der Waals surface area contributed by atoms with Crippen molar-refractivity contribution in [1.82, 2.24) is 14.9 Å². The zero-order chi connectivity index (χ0) is 25.0. The summed E-state index contributed by atoms with van der Waals surface area (Å²) in [7, 11) is 1.52. The number of anilines is 1. The molecule has 1 aromatic heterocycles. The fraction of sp³-hybridized carbons (Fsp3) is 0.455. The first-order chi connectivity index (χ1) is 16.1. The Morgan fingerprint density at radius 1 is 1.29 bits per heavy atom. The van der Waals surface area contributed by atoms with Crippen LogP contribution in [0.4, 0.5) is 14.5 Å². The Kier molecular flexibility index (Phi) is 8.21. The van der Waals surface area contributed by atoms with E-state index in [4.69, 9.17) is 22.1 Å². The molecule has 1 aromatic carbocycles. The van der Waals surface area contributed by atoms with Crippen LogP contribution in [0.2, 0.25) is 5.02 Å². The number of H-pyrrole nitrogens is 1. The van der Waals surface area contributed by atoms with E-state index < -0.39 is 35.3 Å². The maximum Gasteiger partial charge on any atom is 0.273 e. The lowest BCUT2D eigenvalue weighted by molar-refractivity contribution is -0.121. The van der Waals surface area contributed by atoms with Crippen LogP contribution in [0.1, 0.15) is 53.6 Å². The Morgan fingerprint density at radius 3 is 2.56 bits per heavy atom. The number of nitrogens with zero attached hydrogens (tertiary/aromatic N) is 2. The SMILES string of the molecule is COC[C@H](C)N(C(=O)c1[nH]cnc1C(N)=O)C1CCC(C(=O)Nc2c(F)cc(F)cc2Cl)CC1. The lowest BCUT2D eigenvalue weighted by Crippen LogP contribution is -2.50. The number of benzene rings is 1. The second-order valence-electron chi connectivity index (χ2n) is 8.25. The number of aromatic amines is 1. The number of aromatic nitrogens is 2. The predicted octanol–water partition coefficient (Wildman–Crippen LogP) is 3.11. The number of ether oxygens (including phenoxy) is 1. The molecule has 9 nitrogen and oxygen atoms in total. The molecule has 1 fully saturated rings. The Labute approximate surface area is 200 Å². The molecule has 0 radical (unpaired) electrons. The van der Waals surface area contributed by atoms with Gasteiger partial charge in [-0.05, 0) is 38.7 Å². The summed E-state index contributed by atoms with van der Waals surface area (Å²) in [6.07, 6.45) is 3.04. The van der Waals surface area contributed by atoms with Crippen LogP contribution in [0, 0.1) is 17.6 Å². The minimum absolute atomic E-state index is 0.00301. The Balaban J connectivity index is 1.72. The summed E-state index contributed by atoms with van der Waals surface area (Å²) in [5.74, 6) is -3.94. The van der Waals surface area contributed by atoms with Crippen molar-refractivity contribution >= 4 is 35.0 Å². The number of rotatable bonds is 8. The summed E-state index contributed by atoms with van der Waals surface area (Å²) in [6, 6.07) is 1.00. The van der Waals surface area contributed by atoms with Crippen molar-refractivity contribution < 1.29 is 27.9 Å². The number of hydrogen-bond acceptors (Lipinski definition) is 5. The number of nitrogens with two attached hydrogens (primary N) is 1. The summed E-state index contributed by atoms with van der Waals surface area (Å²) in [6.45, 7) is 2.08. The van der Waals surface area contributed by atoms with Gasteiger partial charge in [-0.2, -0.15) is 0 Å². The van der Waals surface area contributed by atoms with Gasteiger partial charge in [-0.15, -0.1) is 0 Å². The number of halogens is 3. The largest absolute Gasteiger partial charge is 0.383 e. The molecule has 1 saturated carbocycles. The smallest absolute Gasteiger partial charge is 0.273 e. The second-order valence-corrected chi connectivity index (χ2v) is 8.65. The van der Waals surface area contributed by atoms with Gasteiger partial charge in [0.05, 0.1) is 29.7 Å². The van der Waals surface area contributed by atoms with E-state index in [1.54, 1.807) is 4.90 Å². The quantitative estimate of drug-likeness (QED) is 0.516. The molecule has 1 heterocycles. The lowest BCUT2D eigenvalue weighted by Gasteiger charge is -2.39. The van der Waals surface area contributed by atoms with Crippen LogP contribution < -0.4 is 11.1 Å². The molecule has 0 saturated heterocycles. The molecule has 0 bridgehead atoms. The van der Waals surface area contributed by atoms with Crippen molar-refractivity contribution in [1.29, 1.82) is 0 Å². The molecule has 0 spiro atoms. The number of primary amides is 1. The molecule has 0 unspecified atom stereocenters. The minimum atomic E-state index is -0.956. The minimum Gasteiger partial charge on any atom is -0.383 e. The van der Waals surface area contributed by atoms with Gasteiger partial charge in [0.1, 0.15) is 11.5 Å². The van der Waals surface area contributed by atoms with E-state index in [9.17, 15) is 23.2 Å². The number of nitrogens with one attached hydrogen (secondary N) is 2. The van der Waals surface area contributed by atoms with Gasteiger partial charge >= 0.3 is 0 Å². The molecule has 1 atom stereocenters. The molecule has 34 heavy (non-hydrogen) atoms. The number of carbonyl (C=O) groups is 3. The molecule has 3 amide bonds. The van der Waals surface area contributed by atoms with Gasteiger partial charge in [0, 0.05) is 25.1 Å². The molecule has 1 aliphatic rings. The van der Waals surface area contributed by atoms with Crippen LogP contribution in [-0.4, -0.2) is 58.4 Å². The average molecular weight is 498 g/mol. The third-order valence-electron chi connectivity index (χ3n) is 5.92. The maximum absolute atomic E-state index is 14.0. The third-order valence-corrected chi connectivity index (χ3v) is 6.22. The monoisotopic (exact) mass is 497 g/mol. The van der Waals surface area contributed by atoms with Gasteiger partial charge in [0.25, 0.3) is 11.8 Å². The van der Waals surface area contributed by atoms with E-state index in [2.05, 4.69) is 15.3 Å². The number of imidazole rings is 1. The van der Waals surface area contributed by atoms with Crippen LogP contribution >= 0.6 is 11.6 Å². The number of amides is 3. The van der Waals surface area contributed by atoms with Gasteiger partial charge in [-0.3, -0.25) is 14.4 Å². The highest BCUT2D eigenvalue weighted by Gasteiger charge is 2.36. The van der Waals surface area contributed by atoms with Crippen LogP contribution in [0.15, 0.2) is 18.5 Å². The third kappa shape index (κ3) is 5.53. The van der Waals surface area contributed by atoms with E-state index in [1.807, 2.05) is 6.92 Å². The summed E-state index contributed by atoms with van der Waals surface area (Å²) in [4.78, 5) is 45.9. The zero-order valence-corrected chi connectivity index (χ0v) is 19.5. The van der Waals surface area contributed by atoms with Crippen molar-refractivity contribution in [3.8, 4) is 0 Å². The summed E-state index contributed by atoms with van der Waals surface area (Å²) in [5, 5.41) is 2.22. The molecule has 3 rings (SSSR count). The van der Waals surface area contributed by atoms with Crippen molar-refractivity contribution in [2.24, 2.45) is 11.7 Å². The van der Waals surface area contributed by atoms with Gasteiger partial charge in [0.2, 0.25) is 5.91 Å². The fourth-order valence-electron chi connectivity index (χ4n) is 4.32. The molecular formula is C22H26ClF2N5O4. The van der Waals surface area contributed by atoms with Crippen molar-refractivity contribution in [2.45, 2.75) is 44.7 Å². The molecule has 12 heteroatoms. The number of hydrogen-bond donors (Lipinski definition) is 3. The van der Waals surface area contributed by atoms with E-state index in [1.165, 1.54) is 13.4 Å². The highest BCUT2D eigenvalue weighted by Crippen LogP contribution is 2.32. The molecule has 4 N–H and O–H groups in total. The Morgan fingerprint density at radius 2 is 1.97 bits per heavy atom. The normalized spacial score (nSPS) is 18.9. The summed E-state index contributed by atoms with van der Waals surface area (Å²) in [5.41, 5.74) is 4.92. The van der Waals surface area contributed by atoms with Crippen LogP contribution in [-0.2, 0) is 9.53 Å². The number of methoxy groups -OCH3 is 1. The zero-order valence-electron chi connectivity index (χ0n) is 18.7. The second kappa shape index (κ2) is 10.9. The number of carbonyl (C=O) groups excluding carboxylic acids is 3. The molecule has 184 valence electrons. The van der Waals surface area contributed by atoms with Gasteiger partial charge in [-0.1, -0.05) is 11.6 Å². The van der Waals surface area contributed by atoms with E-state index in [0.29, 0.717) is 31.7 Å². The van der Waals surface area contributed by atoms with Gasteiger partial charge in [0.15, 0.2) is 11.5 Å². The molecule has 0 aliphatic heterocycles. The first-order valence-electron chi connectivity index (χ1n) is 10.7. The van der Waals surface area contributed by atoms with E-state index in [-0.39, 0.29) is 40.8 Å². The van der Waals surface area contributed by atoms with Gasteiger partial charge < -0.3 is 25.7 Å². The van der Waals surface area contributed by atoms with E-state index >= 15 is 0 Å². The summed E-state index contributed by atoms with van der Waals surface area (Å²) >= 11 is 5.87. The molecule has 2 aromatic rings. The van der Waals surface area contributed by atoms with Gasteiger partial charge in [-0.25, -0.2) is 13.8 Å². The maximum atomic E-state index is 14.0. The highest BCUT2D eigenvalue weighted by molar-refractivity contribution is 6.33. The molecule has 1 aliphatic carbocycles. The van der Waals surface area contributed by atoms with Crippen molar-refractivity contribution in [3.05, 3.63) is 46.5 Å². The van der Waals surface area contributed by atoms with Crippen molar-refractivity contribution in [2.75, 3.05) is 19.0 Å². The summed E-state index contributed by atoms with van der Waals surface area (Å²) < 4.78 is 32.5. The van der Waals surface area contributed by atoms with Crippen LogP contribution in [0.5, 0.6) is 0 Å². The Bertz CT molecular complexity index is 1050. The Hall–Kier alpha value is -3.05. The highest BCUT2D eigenvalue weighted by atomic mass is 35.5. The van der Waals surface area contributed by atoms with E-state index in [0.717, 1.165) is 6.07 Å². The standard InChI is InChI=1S/C22H26ClF2N5O4/c1-11(9-34-2)30(22(33)19-18(20(26)31)27-10-28-19)14-5-3-12(4-6-14)21(32)29-17-15(23)7-13(24)8-16(17)25/h7-8,10-12,14H,3-6,9H2,1-2H3,(H2,26,31)(H,27,28)(H,29,32)/t11-,12?,14?/m0/s1. The fourth-order valence-corrected chi connectivity index (χ4v) is 4.57. The van der Waals surface area contributed by atoms with Crippen LogP contribution in [0.25, 0.3) is 0 Å². The predicted molar refractivity (Wildman–Crippen MR) is 120 cm³/mol. The molecular weight excluding hydrogens is 472 g/mol.